The second kappa shape index (κ2) is 13.0. The van der Waals surface area contributed by atoms with Crippen LogP contribution in [0.5, 0.6) is 0 Å². The highest BCUT2D eigenvalue weighted by molar-refractivity contribution is 5.50. The molecule has 1 aliphatic heterocycles. The van der Waals surface area contributed by atoms with E-state index in [1.165, 1.54) is 12.1 Å². The minimum absolute atomic E-state index is 0.0155. The standard InChI is InChI=1S/C36H43F6N5/c1-34(2)13-10-27-28(18-34)46-32(25-11-16-47(17-12-25)33-44-20-22(19-43-3)21-45-33)30(29(27)23-8-14-35(38,39)15-9-23)31(37)24-4-6-26(7-5-24)36(40,41)42/h4-7,20-21,23,25,31,43H,8-19H2,1-3H3. The molecule has 1 unspecified atom stereocenters. The van der Waals surface area contributed by atoms with Crippen molar-refractivity contribution in [2.45, 2.75) is 108 Å². The highest BCUT2D eigenvalue weighted by Crippen LogP contribution is 2.50. The Morgan fingerprint density at radius 3 is 2.17 bits per heavy atom. The highest BCUT2D eigenvalue weighted by atomic mass is 19.4. The van der Waals surface area contributed by atoms with Crippen molar-refractivity contribution in [2.24, 2.45) is 5.41 Å². The number of halogens is 6. The Balaban J connectivity index is 1.41. The van der Waals surface area contributed by atoms with Gasteiger partial charge in [0.2, 0.25) is 11.9 Å². The lowest BCUT2D eigenvalue weighted by molar-refractivity contribution is -0.137. The molecule has 1 saturated carbocycles. The number of nitrogens with zero attached hydrogens (tertiary/aromatic N) is 4. The summed E-state index contributed by atoms with van der Waals surface area (Å²) in [6, 6.07) is 4.24. The van der Waals surface area contributed by atoms with Crippen LogP contribution in [0.4, 0.5) is 32.3 Å². The first-order valence-corrected chi connectivity index (χ1v) is 16.7. The van der Waals surface area contributed by atoms with Crippen molar-refractivity contribution in [2.75, 3.05) is 25.0 Å². The fraction of sp³-hybridized carbons (Fsp3) is 0.583. The quantitative estimate of drug-likeness (QED) is 0.257. The molecule has 1 N–H and O–H groups in total. The smallest absolute Gasteiger partial charge is 0.341 e. The average Bonchev–Trinajstić information content (AvgIpc) is 3.03. The molecule has 6 rings (SSSR count). The third-order valence-electron chi connectivity index (χ3n) is 10.3. The topological polar surface area (TPSA) is 53.9 Å². The van der Waals surface area contributed by atoms with Gasteiger partial charge in [-0.3, -0.25) is 4.98 Å². The molecule has 0 radical (unpaired) electrons. The van der Waals surface area contributed by atoms with Crippen LogP contribution in [0.3, 0.4) is 0 Å². The maximum atomic E-state index is 17.1. The van der Waals surface area contributed by atoms with Crippen LogP contribution in [0.15, 0.2) is 36.7 Å². The van der Waals surface area contributed by atoms with Crippen LogP contribution in [-0.2, 0) is 25.6 Å². The van der Waals surface area contributed by atoms with Gasteiger partial charge in [0.05, 0.1) is 11.3 Å². The van der Waals surface area contributed by atoms with E-state index in [4.69, 9.17) is 4.98 Å². The zero-order chi connectivity index (χ0) is 33.6. The van der Waals surface area contributed by atoms with Crippen LogP contribution in [0.2, 0.25) is 0 Å². The summed E-state index contributed by atoms with van der Waals surface area (Å²) in [5, 5.41) is 3.08. The molecule has 3 aliphatic rings. The number of pyridine rings is 1. The minimum Gasteiger partial charge on any atom is -0.341 e. The van der Waals surface area contributed by atoms with Gasteiger partial charge in [-0.25, -0.2) is 23.1 Å². The van der Waals surface area contributed by atoms with Gasteiger partial charge in [-0.15, -0.1) is 0 Å². The first kappa shape index (κ1) is 33.7. The monoisotopic (exact) mass is 659 g/mol. The Morgan fingerprint density at radius 2 is 1.57 bits per heavy atom. The van der Waals surface area contributed by atoms with Crippen molar-refractivity contribution in [3.63, 3.8) is 0 Å². The van der Waals surface area contributed by atoms with Gasteiger partial charge in [-0.1, -0.05) is 26.0 Å². The molecule has 47 heavy (non-hydrogen) atoms. The number of hydrogen-bond donors (Lipinski definition) is 1. The number of aromatic nitrogens is 3. The zero-order valence-corrected chi connectivity index (χ0v) is 27.2. The van der Waals surface area contributed by atoms with E-state index in [0.717, 1.165) is 40.9 Å². The highest BCUT2D eigenvalue weighted by Gasteiger charge is 2.42. The van der Waals surface area contributed by atoms with Crippen molar-refractivity contribution in [1.29, 1.82) is 0 Å². The van der Waals surface area contributed by atoms with Crippen molar-refractivity contribution in [3.05, 3.63) is 81.4 Å². The summed E-state index contributed by atoms with van der Waals surface area (Å²) in [6.07, 6.45) is 0.805. The number of alkyl halides is 6. The molecule has 1 saturated heterocycles. The van der Waals surface area contributed by atoms with Gasteiger partial charge >= 0.3 is 6.18 Å². The van der Waals surface area contributed by atoms with Crippen molar-refractivity contribution >= 4 is 5.95 Å². The molecule has 1 aromatic carbocycles. The van der Waals surface area contributed by atoms with Gasteiger partial charge < -0.3 is 10.2 Å². The molecular weight excluding hydrogens is 616 g/mol. The van der Waals surface area contributed by atoms with Gasteiger partial charge in [0.15, 0.2) is 6.17 Å². The summed E-state index contributed by atoms with van der Waals surface area (Å²) >= 11 is 0. The van der Waals surface area contributed by atoms with Crippen LogP contribution >= 0.6 is 0 Å². The van der Waals surface area contributed by atoms with Crippen LogP contribution in [0.25, 0.3) is 0 Å². The first-order chi connectivity index (χ1) is 22.2. The van der Waals surface area contributed by atoms with Gasteiger partial charge in [0.1, 0.15) is 0 Å². The van der Waals surface area contributed by atoms with Crippen molar-refractivity contribution in [3.8, 4) is 0 Å². The number of benzene rings is 1. The Hall–Kier alpha value is -3.21. The normalized spacial score (nSPS) is 21.0. The molecule has 2 aromatic heterocycles. The number of hydrogen-bond acceptors (Lipinski definition) is 5. The Kier molecular flexibility index (Phi) is 9.32. The van der Waals surface area contributed by atoms with E-state index in [1.54, 1.807) is 12.4 Å². The largest absolute Gasteiger partial charge is 0.416 e. The van der Waals surface area contributed by atoms with Crippen LogP contribution < -0.4 is 10.2 Å². The van der Waals surface area contributed by atoms with Gasteiger partial charge in [-0.05, 0) is 92.1 Å². The number of rotatable bonds is 7. The molecule has 254 valence electrons. The Morgan fingerprint density at radius 1 is 0.936 bits per heavy atom. The molecule has 11 heteroatoms. The molecule has 1 atom stereocenters. The average molecular weight is 660 g/mol. The molecule has 3 heterocycles. The Bertz CT molecular complexity index is 1540. The molecule has 5 nitrogen and oxygen atoms in total. The van der Waals surface area contributed by atoms with E-state index >= 15 is 4.39 Å². The molecule has 0 bridgehead atoms. The summed E-state index contributed by atoms with van der Waals surface area (Å²) in [5.41, 5.74) is 3.92. The van der Waals surface area contributed by atoms with Gasteiger partial charge in [0, 0.05) is 67.6 Å². The summed E-state index contributed by atoms with van der Waals surface area (Å²) < 4.78 is 86.1. The minimum atomic E-state index is -4.54. The maximum Gasteiger partial charge on any atom is 0.416 e. The van der Waals surface area contributed by atoms with Crippen LogP contribution in [-0.4, -0.2) is 41.0 Å². The number of anilines is 1. The number of nitrogens with one attached hydrogen (secondary N) is 1. The van der Waals surface area contributed by atoms with E-state index in [0.29, 0.717) is 62.5 Å². The predicted molar refractivity (Wildman–Crippen MR) is 170 cm³/mol. The van der Waals surface area contributed by atoms with Crippen LogP contribution in [0, 0.1) is 5.41 Å². The fourth-order valence-corrected chi connectivity index (χ4v) is 7.70. The summed E-state index contributed by atoms with van der Waals surface area (Å²) in [5.74, 6) is -2.51. The second-order valence-corrected chi connectivity index (χ2v) is 14.4. The summed E-state index contributed by atoms with van der Waals surface area (Å²) in [6.45, 7) is 6.29. The first-order valence-electron chi connectivity index (χ1n) is 16.7. The lowest BCUT2D eigenvalue weighted by Gasteiger charge is -2.39. The van der Waals surface area contributed by atoms with E-state index in [2.05, 4.69) is 34.0 Å². The molecule has 0 amide bonds. The van der Waals surface area contributed by atoms with E-state index < -0.39 is 23.8 Å². The second-order valence-electron chi connectivity index (χ2n) is 14.4. The van der Waals surface area contributed by atoms with Crippen LogP contribution in [0.1, 0.15) is 122 Å². The molecule has 2 fully saturated rings. The summed E-state index contributed by atoms with van der Waals surface area (Å²) in [4.78, 5) is 16.4. The zero-order valence-electron chi connectivity index (χ0n) is 27.2. The van der Waals surface area contributed by atoms with E-state index in [-0.39, 0.29) is 48.5 Å². The molecule has 0 spiro atoms. The van der Waals surface area contributed by atoms with Gasteiger partial charge in [-0.2, -0.15) is 13.2 Å². The summed E-state index contributed by atoms with van der Waals surface area (Å²) in [7, 11) is 1.86. The predicted octanol–water partition coefficient (Wildman–Crippen LogP) is 8.86. The van der Waals surface area contributed by atoms with Gasteiger partial charge in [0.25, 0.3) is 0 Å². The molecule has 3 aromatic rings. The fourth-order valence-electron chi connectivity index (χ4n) is 7.70. The third-order valence-corrected chi connectivity index (χ3v) is 10.3. The van der Waals surface area contributed by atoms with E-state index in [1.807, 2.05) is 7.05 Å². The number of piperidine rings is 1. The van der Waals surface area contributed by atoms with E-state index in [9.17, 15) is 22.0 Å². The maximum absolute atomic E-state index is 17.1. The lowest BCUT2D eigenvalue weighted by atomic mass is 9.69. The van der Waals surface area contributed by atoms with Crippen molar-refractivity contribution in [1.82, 2.24) is 20.3 Å². The SMILES string of the molecule is CNCc1cnc(N2CCC(c3nc4c(c(C5CCC(F)(F)CC5)c3C(F)c3ccc(C(F)(F)F)cc3)CCC(C)(C)C4)CC2)nc1. The molecular formula is C36H43F6N5. The van der Waals surface area contributed by atoms with Crippen molar-refractivity contribution < 1.29 is 26.3 Å². The Labute approximate surface area is 272 Å². The third kappa shape index (κ3) is 7.29. The lowest BCUT2D eigenvalue weighted by Crippen LogP contribution is -2.35. The molecule has 2 aliphatic carbocycles. The number of fused-ring (bicyclic) bond motifs is 1.